The van der Waals surface area contributed by atoms with Crippen molar-refractivity contribution in [3.63, 3.8) is 0 Å². The number of aryl methyl sites for hydroxylation is 1. The number of esters is 1. The largest absolute Gasteiger partial charge is 0.488 e. The van der Waals surface area contributed by atoms with E-state index < -0.39 is 5.97 Å². The maximum absolute atomic E-state index is 12.2. The lowest BCUT2D eigenvalue weighted by Gasteiger charge is -2.09. The van der Waals surface area contributed by atoms with E-state index in [1.807, 2.05) is 66.7 Å². The lowest BCUT2D eigenvalue weighted by atomic mass is 10.1. The molecule has 3 aromatic rings. The van der Waals surface area contributed by atoms with Crippen molar-refractivity contribution in [3.8, 4) is 5.75 Å². The van der Waals surface area contributed by atoms with Crippen LogP contribution in [-0.2, 0) is 16.1 Å². The Morgan fingerprint density at radius 1 is 0.964 bits per heavy atom. The van der Waals surface area contributed by atoms with Crippen molar-refractivity contribution in [2.24, 2.45) is 4.99 Å². The van der Waals surface area contributed by atoms with Crippen molar-refractivity contribution in [2.75, 3.05) is 0 Å². The molecular weight excluding hydrogens is 350 g/mol. The van der Waals surface area contributed by atoms with Crippen LogP contribution in [0.1, 0.15) is 22.3 Å². The van der Waals surface area contributed by atoms with E-state index >= 15 is 0 Å². The minimum atomic E-state index is -0.465. The number of carbonyl (C=O) groups is 1. The maximum Gasteiger partial charge on any atom is 0.363 e. The number of carbonyl (C=O) groups excluding carboxylic acids is 1. The number of para-hydroxylation sites is 1. The molecule has 0 fully saturated rings. The molecule has 0 amide bonds. The predicted molar refractivity (Wildman–Crippen MR) is 109 cm³/mol. The van der Waals surface area contributed by atoms with Crippen LogP contribution in [0.15, 0.2) is 89.6 Å². The van der Waals surface area contributed by atoms with Crippen LogP contribution in [0.2, 0.25) is 0 Å². The molecule has 0 N–H and O–H groups in total. The molecule has 1 aliphatic rings. The first-order valence-corrected chi connectivity index (χ1v) is 9.04. The molecule has 0 aliphatic carbocycles. The van der Waals surface area contributed by atoms with Crippen molar-refractivity contribution in [1.82, 2.24) is 0 Å². The van der Waals surface area contributed by atoms with E-state index in [4.69, 9.17) is 9.47 Å². The van der Waals surface area contributed by atoms with E-state index in [1.165, 1.54) is 5.56 Å². The third kappa shape index (κ3) is 4.01. The van der Waals surface area contributed by atoms with Crippen LogP contribution in [-0.4, -0.2) is 11.9 Å². The van der Waals surface area contributed by atoms with Crippen LogP contribution < -0.4 is 4.74 Å². The SMILES string of the molecule is Cc1cccc(COc2ccccc2/C=C2\N=C(c3ccccc3)OC2=O)c1. The molecule has 0 saturated heterocycles. The second kappa shape index (κ2) is 7.92. The Bertz CT molecular complexity index is 1070. The van der Waals surface area contributed by atoms with Gasteiger partial charge >= 0.3 is 5.97 Å². The Balaban J connectivity index is 1.58. The van der Waals surface area contributed by atoms with E-state index in [-0.39, 0.29) is 5.70 Å². The minimum Gasteiger partial charge on any atom is -0.488 e. The highest BCUT2D eigenvalue weighted by Gasteiger charge is 2.24. The Morgan fingerprint density at radius 2 is 1.75 bits per heavy atom. The molecule has 1 aliphatic heterocycles. The molecule has 1 heterocycles. The van der Waals surface area contributed by atoms with Gasteiger partial charge in [0.25, 0.3) is 0 Å². The number of rotatable bonds is 5. The molecule has 138 valence electrons. The highest BCUT2D eigenvalue weighted by atomic mass is 16.6. The van der Waals surface area contributed by atoms with Gasteiger partial charge in [-0.25, -0.2) is 9.79 Å². The molecule has 4 heteroatoms. The normalized spacial score (nSPS) is 14.7. The van der Waals surface area contributed by atoms with Gasteiger partial charge in [0.05, 0.1) is 0 Å². The lowest BCUT2D eigenvalue weighted by molar-refractivity contribution is -0.129. The van der Waals surface area contributed by atoms with Gasteiger partial charge in [0.2, 0.25) is 5.90 Å². The van der Waals surface area contributed by atoms with Crippen molar-refractivity contribution in [2.45, 2.75) is 13.5 Å². The van der Waals surface area contributed by atoms with Crippen LogP contribution in [0.4, 0.5) is 0 Å². The van der Waals surface area contributed by atoms with Crippen molar-refractivity contribution < 1.29 is 14.3 Å². The zero-order valence-corrected chi connectivity index (χ0v) is 15.5. The molecule has 0 unspecified atom stereocenters. The molecule has 0 saturated carbocycles. The summed E-state index contributed by atoms with van der Waals surface area (Å²) in [5.41, 5.74) is 4.08. The van der Waals surface area contributed by atoms with Gasteiger partial charge < -0.3 is 9.47 Å². The number of cyclic esters (lactones) is 1. The summed E-state index contributed by atoms with van der Waals surface area (Å²) in [6.45, 7) is 2.50. The topological polar surface area (TPSA) is 47.9 Å². The van der Waals surface area contributed by atoms with Gasteiger partial charge in [-0.1, -0.05) is 66.2 Å². The summed E-state index contributed by atoms with van der Waals surface area (Å²) < 4.78 is 11.3. The molecule has 0 spiro atoms. The number of ether oxygens (including phenoxy) is 2. The molecule has 0 atom stereocenters. The minimum absolute atomic E-state index is 0.255. The smallest absolute Gasteiger partial charge is 0.363 e. The van der Waals surface area contributed by atoms with E-state index in [0.29, 0.717) is 18.3 Å². The molecule has 0 bridgehead atoms. The van der Waals surface area contributed by atoms with E-state index in [9.17, 15) is 4.79 Å². The summed E-state index contributed by atoms with van der Waals surface area (Å²) in [7, 11) is 0. The van der Waals surface area contributed by atoms with Gasteiger partial charge in [-0.2, -0.15) is 0 Å². The molecule has 28 heavy (non-hydrogen) atoms. The number of aliphatic imine (C=N–C) groups is 1. The average molecular weight is 369 g/mol. The van der Waals surface area contributed by atoms with Crippen LogP contribution in [0, 0.1) is 6.92 Å². The van der Waals surface area contributed by atoms with Gasteiger partial charge in [0.1, 0.15) is 12.4 Å². The number of hydrogen-bond acceptors (Lipinski definition) is 4. The first kappa shape index (κ1) is 17.7. The molecule has 0 radical (unpaired) electrons. The highest BCUT2D eigenvalue weighted by molar-refractivity contribution is 6.12. The number of benzene rings is 3. The van der Waals surface area contributed by atoms with Crippen LogP contribution >= 0.6 is 0 Å². The van der Waals surface area contributed by atoms with Crippen molar-refractivity contribution in [1.29, 1.82) is 0 Å². The van der Waals surface area contributed by atoms with E-state index in [2.05, 4.69) is 24.0 Å². The predicted octanol–water partition coefficient (Wildman–Crippen LogP) is 4.92. The first-order chi connectivity index (χ1) is 13.7. The lowest BCUT2D eigenvalue weighted by Crippen LogP contribution is -2.05. The maximum atomic E-state index is 12.2. The van der Waals surface area contributed by atoms with Gasteiger partial charge in [-0.05, 0) is 36.8 Å². The standard InChI is InChI=1S/C24H19NO3/c1-17-8-7-9-18(14-17)16-27-22-13-6-5-12-20(22)15-21-24(26)28-23(25-21)19-10-3-2-4-11-19/h2-15H,16H2,1H3/b21-15-. The monoisotopic (exact) mass is 369 g/mol. The summed E-state index contributed by atoms with van der Waals surface area (Å²) in [5, 5.41) is 0. The fourth-order valence-electron chi connectivity index (χ4n) is 2.95. The van der Waals surface area contributed by atoms with Crippen LogP contribution in [0.5, 0.6) is 5.75 Å². The zero-order valence-electron chi connectivity index (χ0n) is 15.5. The van der Waals surface area contributed by atoms with E-state index in [1.54, 1.807) is 6.08 Å². The fraction of sp³-hybridized carbons (Fsp3) is 0.0833. The van der Waals surface area contributed by atoms with Gasteiger partial charge in [0.15, 0.2) is 5.70 Å². The van der Waals surface area contributed by atoms with Crippen molar-refractivity contribution >= 4 is 17.9 Å². The Kier molecular flexibility index (Phi) is 5.02. The van der Waals surface area contributed by atoms with Gasteiger partial charge in [-0.3, -0.25) is 0 Å². The summed E-state index contributed by atoms with van der Waals surface area (Å²) in [6, 6.07) is 25.1. The molecule has 4 rings (SSSR count). The second-order valence-electron chi connectivity index (χ2n) is 6.52. The fourth-order valence-corrected chi connectivity index (χ4v) is 2.95. The molecule has 3 aromatic carbocycles. The van der Waals surface area contributed by atoms with E-state index in [0.717, 1.165) is 16.7 Å². The summed E-state index contributed by atoms with van der Waals surface area (Å²) in [6.07, 6.45) is 1.70. The molecular formula is C24H19NO3. The molecule has 4 nitrogen and oxygen atoms in total. The van der Waals surface area contributed by atoms with Gasteiger partial charge in [-0.15, -0.1) is 0 Å². The quantitative estimate of drug-likeness (QED) is 0.474. The summed E-state index contributed by atoms with van der Waals surface area (Å²) in [5.74, 6) is 0.537. The first-order valence-electron chi connectivity index (χ1n) is 9.04. The third-order valence-corrected chi connectivity index (χ3v) is 4.33. The summed E-state index contributed by atoms with van der Waals surface area (Å²) in [4.78, 5) is 16.6. The Hall–Kier alpha value is -3.66. The van der Waals surface area contributed by atoms with Crippen LogP contribution in [0.25, 0.3) is 6.08 Å². The Labute approximate surface area is 163 Å². The van der Waals surface area contributed by atoms with Crippen LogP contribution in [0.3, 0.4) is 0 Å². The van der Waals surface area contributed by atoms with Crippen molar-refractivity contribution in [3.05, 3.63) is 107 Å². The second-order valence-corrected chi connectivity index (χ2v) is 6.52. The number of nitrogens with zero attached hydrogens (tertiary/aromatic N) is 1. The summed E-state index contributed by atoms with van der Waals surface area (Å²) >= 11 is 0. The zero-order chi connectivity index (χ0) is 19.3. The third-order valence-electron chi connectivity index (χ3n) is 4.33. The molecule has 0 aromatic heterocycles. The van der Waals surface area contributed by atoms with Gasteiger partial charge in [0, 0.05) is 11.1 Å². The average Bonchev–Trinajstić information content (AvgIpc) is 3.08. The number of hydrogen-bond donors (Lipinski definition) is 0. The highest BCUT2D eigenvalue weighted by Crippen LogP contribution is 2.25. The Morgan fingerprint density at radius 3 is 2.57 bits per heavy atom.